The fourth-order valence-electron chi connectivity index (χ4n) is 2.13. The molecule has 4 nitrogen and oxygen atoms in total. The average molecular weight is 258 g/mol. The summed E-state index contributed by atoms with van der Waals surface area (Å²) in [6, 6.07) is 10.4. The molecule has 19 heavy (non-hydrogen) atoms. The molecule has 0 unspecified atom stereocenters. The smallest absolute Gasteiger partial charge is 0.340 e. The molecule has 0 saturated heterocycles. The number of benzene rings is 2. The number of hydrogen-bond donors (Lipinski definition) is 3. The summed E-state index contributed by atoms with van der Waals surface area (Å²) < 4.78 is 0. The third kappa shape index (κ3) is 2.25. The van der Waals surface area contributed by atoms with Crippen molar-refractivity contribution in [1.29, 1.82) is 0 Å². The van der Waals surface area contributed by atoms with Crippen molar-refractivity contribution < 1.29 is 20.1 Å². The number of aryl methyl sites for hydroxylation is 1. The van der Waals surface area contributed by atoms with E-state index in [1.807, 2.05) is 13.0 Å². The number of aromatic carboxylic acids is 1. The second kappa shape index (κ2) is 5.02. The van der Waals surface area contributed by atoms with Gasteiger partial charge >= 0.3 is 5.97 Å². The van der Waals surface area contributed by atoms with E-state index in [0.29, 0.717) is 23.1 Å². The maximum Gasteiger partial charge on any atom is 0.340 e. The highest BCUT2D eigenvalue weighted by Gasteiger charge is 2.22. The van der Waals surface area contributed by atoms with Gasteiger partial charge in [0.05, 0.1) is 0 Å². The first kappa shape index (κ1) is 13.0. The van der Waals surface area contributed by atoms with E-state index in [1.165, 1.54) is 6.07 Å². The zero-order valence-corrected chi connectivity index (χ0v) is 10.4. The van der Waals surface area contributed by atoms with Gasteiger partial charge in [-0.05, 0) is 23.6 Å². The number of carboxylic acids is 1. The molecular formula is C15H14O4. The Kier molecular flexibility index (Phi) is 3.42. The minimum Gasteiger partial charge on any atom is -0.504 e. The van der Waals surface area contributed by atoms with E-state index in [2.05, 4.69) is 0 Å². The standard InChI is InChI=1S/C15H14O4/c1-2-9-8-11(16)14(17)13(15(18)19)12(9)10-6-4-3-5-7-10/h3-8,16-17H,2H2,1H3,(H,18,19). The molecule has 0 aliphatic heterocycles. The van der Waals surface area contributed by atoms with E-state index in [0.717, 1.165) is 0 Å². The number of hydrogen-bond acceptors (Lipinski definition) is 3. The molecule has 0 bridgehead atoms. The molecule has 0 saturated carbocycles. The Morgan fingerprint density at radius 3 is 2.32 bits per heavy atom. The predicted octanol–water partition coefficient (Wildman–Crippen LogP) is 3.03. The lowest BCUT2D eigenvalue weighted by atomic mass is 9.92. The normalized spacial score (nSPS) is 10.4. The zero-order valence-electron chi connectivity index (χ0n) is 10.4. The van der Waals surface area contributed by atoms with Gasteiger partial charge < -0.3 is 15.3 Å². The van der Waals surface area contributed by atoms with Gasteiger partial charge in [0.25, 0.3) is 0 Å². The van der Waals surface area contributed by atoms with Crippen LogP contribution in [0, 0.1) is 0 Å². The highest BCUT2D eigenvalue weighted by Crippen LogP contribution is 2.39. The Hall–Kier alpha value is -2.49. The number of carboxylic acid groups (broad SMARTS) is 1. The SMILES string of the molecule is CCc1cc(O)c(O)c(C(=O)O)c1-c1ccccc1. The molecular weight excluding hydrogens is 244 g/mol. The van der Waals surface area contributed by atoms with Crippen LogP contribution in [0.4, 0.5) is 0 Å². The lowest BCUT2D eigenvalue weighted by Crippen LogP contribution is -2.03. The number of phenolic OH excluding ortho intramolecular Hbond substituents is 1. The predicted molar refractivity (Wildman–Crippen MR) is 71.5 cm³/mol. The largest absolute Gasteiger partial charge is 0.504 e. The van der Waals surface area contributed by atoms with Crippen molar-refractivity contribution in [1.82, 2.24) is 0 Å². The summed E-state index contributed by atoms with van der Waals surface area (Å²) in [5.41, 5.74) is 1.57. The van der Waals surface area contributed by atoms with Crippen molar-refractivity contribution in [3.63, 3.8) is 0 Å². The van der Waals surface area contributed by atoms with Crippen molar-refractivity contribution in [3.8, 4) is 22.6 Å². The molecule has 0 aliphatic carbocycles. The van der Waals surface area contributed by atoms with Gasteiger partial charge in [-0.25, -0.2) is 4.79 Å². The van der Waals surface area contributed by atoms with Crippen molar-refractivity contribution in [2.75, 3.05) is 0 Å². The first-order valence-electron chi connectivity index (χ1n) is 5.92. The first-order chi connectivity index (χ1) is 9.06. The Labute approximate surface area is 110 Å². The van der Waals surface area contributed by atoms with Gasteiger partial charge in [0.15, 0.2) is 11.5 Å². The molecule has 0 amide bonds. The van der Waals surface area contributed by atoms with Crippen LogP contribution in [0.25, 0.3) is 11.1 Å². The van der Waals surface area contributed by atoms with Gasteiger partial charge in [-0.2, -0.15) is 0 Å². The van der Waals surface area contributed by atoms with Crippen LogP contribution in [0.3, 0.4) is 0 Å². The third-order valence-corrected chi connectivity index (χ3v) is 3.02. The Bertz CT molecular complexity index is 618. The highest BCUT2D eigenvalue weighted by molar-refractivity contribution is 6.00. The van der Waals surface area contributed by atoms with Crippen LogP contribution in [-0.4, -0.2) is 21.3 Å². The van der Waals surface area contributed by atoms with Crippen LogP contribution in [0.1, 0.15) is 22.8 Å². The van der Waals surface area contributed by atoms with Crippen LogP contribution in [0.2, 0.25) is 0 Å². The molecule has 0 heterocycles. The average Bonchev–Trinajstić information content (AvgIpc) is 2.41. The van der Waals surface area contributed by atoms with Crippen LogP contribution in [0.5, 0.6) is 11.5 Å². The quantitative estimate of drug-likeness (QED) is 0.739. The van der Waals surface area contributed by atoms with Gasteiger partial charge in [0.1, 0.15) is 5.56 Å². The maximum atomic E-state index is 11.4. The molecule has 0 aromatic heterocycles. The van der Waals surface area contributed by atoms with Crippen molar-refractivity contribution in [2.45, 2.75) is 13.3 Å². The summed E-state index contributed by atoms with van der Waals surface area (Å²) in [5.74, 6) is -2.26. The van der Waals surface area contributed by atoms with Crippen LogP contribution in [-0.2, 0) is 6.42 Å². The molecule has 0 radical (unpaired) electrons. The summed E-state index contributed by atoms with van der Waals surface area (Å²) in [5, 5.41) is 28.7. The number of aromatic hydroxyl groups is 2. The Morgan fingerprint density at radius 2 is 1.79 bits per heavy atom. The summed E-state index contributed by atoms with van der Waals surface area (Å²) in [6.07, 6.45) is 0.554. The van der Waals surface area contributed by atoms with E-state index in [9.17, 15) is 20.1 Å². The maximum absolute atomic E-state index is 11.4. The molecule has 4 heteroatoms. The number of carbonyl (C=O) groups is 1. The van der Waals surface area contributed by atoms with E-state index >= 15 is 0 Å². The minimum atomic E-state index is -1.26. The van der Waals surface area contributed by atoms with Crippen LogP contribution < -0.4 is 0 Å². The van der Waals surface area contributed by atoms with Gasteiger partial charge in [-0.3, -0.25) is 0 Å². The second-order valence-corrected chi connectivity index (χ2v) is 4.18. The first-order valence-corrected chi connectivity index (χ1v) is 5.92. The molecule has 2 aromatic rings. The van der Waals surface area contributed by atoms with E-state index in [1.54, 1.807) is 24.3 Å². The van der Waals surface area contributed by atoms with Crippen molar-refractivity contribution in [3.05, 3.63) is 47.5 Å². The Morgan fingerprint density at radius 1 is 1.16 bits per heavy atom. The van der Waals surface area contributed by atoms with Gasteiger partial charge in [-0.15, -0.1) is 0 Å². The van der Waals surface area contributed by atoms with Crippen LogP contribution >= 0.6 is 0 Å². The summed E-state index contributed by atoms with van der Waals surface area (Å²) >= 11 is 0. The zero-order chi connectivity index (χ0) is 14.0. The lowest BCUT2D eigenvalue weighted by molar-refractivity contribution is 0.0693. The molecule has 98 valence electrons. The van der Waals surface area contributed by atoms with E-state index < -0.39 is 17.5 Å². The molecule has 0 aliphatic rings. The van der Waals surface area contributed by atoms with E-state index in [-0.39, 0.29) is 5.56 Å². The summed E-state index contributed by atoms with van der Waals surface area (Å²) in [4.78, 5) is 11.4. The molecule has 2 aromatic carbocycles. The number of phenols is 2. The van der Waals surface area contributed by atoms with Crippen LogP contribution in [0.15, 0.2) is 36.4 Å². The molecule has 0 fully saturated rings. The van der Waals surface area contributed by atoms with Crippen molar-refractivity contribution >= 4 is 5.97 Å². The fourth-order valence-corrected chi connectivity index (χ4v) is 2.13. The van der Waals surface area contributed by atoms with Gasteiger partial charge in [0.2, 0.25) is 0 Å². The molecule has 2 rings (SSSR count). The topological polar surface area (TPSA) is 77.8 Å². The minimum absolute atomic E-state index is 0.261. The summed E-state index contributed by atoms with van der Waals surface area (Å²) in [6.45, 7) is 1.86. The number of rotatable bonds is 3. The monoisotopic (exact) mass is 258 g/mol. The van der Waals surface area contributed by atoms with Gasteiger partial charge in [0, 0.05) is 5.56 Å². The third-order valence-electron chi connectivity index (χ3n) is 3.02. The Balaban J connectivity index is 2.84. The molecule has 3 N–H and O–H groups in total. The molecule has 0 atom stereocenters. The molecule has 0 spiro atoms. The summed E-state index contributed by atoms with van der Waals surface area (Å²) in [7, 11) is 0. The lowest BCUT2D eigenvalue weighted by Gasteiger charge is -2.14. The van der Waals surface area contributed by atoms with Gasteiger partial charge in [-0.1, -0.05) is 37.3 Å². The fraction of sp³-hybridized carbons (Fsp3) is 0.133. The van der Waals surface area contributed by atoms with Crippen molar-refractivity contribution in [2.24, 2.45) is 0 Å². The van der Waals surface area contributed by atoms with E-state index in [4.69, 9.17) is 0 Å². The highest BCUT2D eigenvalue weighted by atomic mass is 16.4. The second-order valence-electron chi connectivity index (χ2n) is 4.18.